The summed E-state index contributed by atoms with van der Waals surface area (Å²) in [5.74, 6) is -0.101. The van der Waals surface area contributed by atoms with Crippen LogP contribution < -0.4 is 24.8 Å². The second-order valence-corrected chi connectivity index (χ2v) is 9.78. The van der Waals surface area contributed by atoms with Gasteiger partial charge in [0.15, 0.2) is 22.5 Å². The number of carbonyl (C=O) groups excluding carboxylic acids is 2. The van der Waals surface area contributed by atoms with Crippen molar-refractivity contribution in [1.29, 1.82) is 0 Å². The molecule has 0 aliphatic rings. The Hall–Kier alpha value is -4.65. The van der Waals surface area contributed by atoms with Gasteiger partial charge >= 0.3 is 0 Å². The summed E-state index contributed by atoms with van der Waals surface area (Å²) < 4.78 is 45.7. The van der Waals surface area contributed by atoms with Crippen LogP contribution in [0.4, 0.5) is 14.5 Å². The zero-order chi connectivity index (χ0) is 30.8. The fraction of sp³-hybridized carbons (Fsp3) is 0.267. The van der Waals surface area contributed by atoms with Gasteiger partial charge in [-0.1, -0.05) is 11.8 Å². The van der Waals surface area contributed by atoms with E-state index in [0.29, 0.717) is 59.4 Å². The van der Waals surface area contributed by atoms with Gasteiger partial charge in [0, 0.05) is 16.9 Å². The summed E-state index contributed by atoms with van der Waals surface area (Å²) >= 11 is 1.10. The molecule has 3 aromatic carbocycles. The normalized spacial score (nSPS) is 10.7. The third-order valence-electron chi connectivity index (χ3n) is 5.82. The lowest BCUT2D eigenvalue weighted by molar-refractivity contribution is -0.113. The molecule has 0 aliphatic heterocycles. The van der Waals surface area contributed by atoms with Gasteiger partial charge in [-0.2, -0.15) is 0 Å². The molecule has 2 amide bonds. The Morgan fingerprint density at radius 3 is 2.00 bits per heavy atom. The van der Waals surface area contributed by atoms with Gasteiger partial charge in [0.05, 0.1) is 32.1 Å². The Morgan fingerprint density at radius 1 is 0.837 bits per heavy atom. The molecule has 43 heavy (non-hydrogen) atoms. The maximum Gasteiger partial charge on any atom is 0.251 e. The van der Waals surface area contributed by atoms with Crippen LogP contribution in [-0.2, 0) is 11.3 Å². The van der Waals surface area contributed by atoms with Gasteiger partial charge in [-0.05, 0) is 81.4 Å². The fourth-order valence-electron chi connectivity index (χ4n) is 4.00. The third kappa shape index (κ3) is 8.22. The number of benzene rings is 3. The number of halogens is 2. The maximum absolute atomic E-state index is 13.7. The van der Waals surface area contributed by atoms with E-state index in [0.717, 1.165) is 11.8 Å². The van der Waals surface area contributed by atoms with Gasteiger partial charge in [0.1, 0.15) is 11.6 Å². The lowest BCUT2D eigenvalue weighted by Crippen LogP contribution is -2.25. The van der Waals surface area contributed by atoms with Crippen molar-refractivity contribution in [2.75, 3.05) is 30.9 Å². The predicted molar refractivity (Wildman–Crippen MR) is 158 cm³/mol. The van der Waals surface area contributed by atoms with E-state index in [1.54, 1.807) is 28.8 Å². The van der Waals surface area contributed by atoms with Crippen LogP contribution in [0.5, 0.6) is 17.2 Å². The number of nitrogens with zero attached hydrogens (tertiary/aromatic N) is 3. The van der Waals surface area contributed by atoms with Crippen LogP contribution >= 0.6 is 11.8 Å². The standard InChI is InChI=1S/C30H31F2N5O5S/c1-4-40-24-15-19(16-25(41-5-2)28(24)42-6-3)29(39)33-17-26-35-36-30(37(26)23-13-9-21(32)10-14-23)43-18-27(38)34-22-11-7-20(31)8-12-22/h7-16H,4-6,17-18H2,1-3H3,(H,33,39)(H,34,38). The number of ether oxygens (including phenoxy) is 3. The summed E-state index contributed by atoms with van der Waals surface area (Å²) in [5, 5.41) is 14.3. The zero-order valence-corrected chi connectivity index (χ0v) is 24.7. The first-order valence-corrected chi connectivity index (χ1v) is 14.5. The van der Waals surface area contributed by atoms with Crippen molar-refractivity contribution >= 4 is 29.3 Å². The minimum atomic E-state index is -0.426. The Labute approximate surface area is 251 Å². The number of amides is 2. The highest BCUT2D eigenvalue weighted by Gasteiger charge is 2.21. The molecule has 1 heterocycles. The van der Waals surface area contributed by atoms with E-state index in [1.165, 1.54) is 36.4 Å². The van der Waals surface area contributed by atoms with Gasteiger partial charge in [-0.25, -0.2) is 8.78 Å². The van der Waals surface area contributed by atoms with Crippen molar-refractivity contribution in [2.24, 2.45) is 0 Å². The summed E-state index contributed by atoms with van der Waals surface area (Å²) in [4.78, 5) is 25.8. The van der Waals surface area contributed by atoms with Crippen LogP contribution in [0.2, 0.25) is 0 Å². The zero-order valence-electron chi connectivity index (χ0n) is 23.9. The molecule has 0 atom stereocenters. The molecule has 0 radical (unpaired) electrons. The largest absolute Gasteiger partial charge is 0.490 e. The smallest absolute Gasteiger partial charge is 0.251 e. The Bertz CT molecular complexity index is 1520. The van der Waals surface area contributed by atoms with Crippen molar-refractivity contribution in [3.63, 3.8) is 0 Å². The van der Waals surface area contributed by atoms with Crippen LogP contribution in [0.1, 0.15) is 37.0 Å². The molecule has 0 aliphatic carbocycles. The molecule has 2 N–H and O–H groups in total. The predicted octanol–water partition coefficient (Wildman–Crippen LogP) is 5.40. The van der Waals surface area contributed by atoms with E-state index >= 15 is 0 Å². The maximum atomic E-state index is 13.7. The van der Waals surface area contributed by atoms with E-state index in [4.69, 9.17) is 14.2 Å². The van der Waals surface area contributed by atoms with E-state index in [9.17, 15) is 18.4 Å². The van der Waals surface area contributed by atoms with E-state index in [-0.39, 0.29) is 23.8 Å². The number of carbonyl (C=O) groups is 2. The average molecular weight is 612 g/mol. The fourth-order valence-corrected chi connectivity index (χ4v) is 4.77. The van der Waals surface area contributed by atoms with Gasteiger partial charge in [0.25, 0.3) is 5.91 Å². The topological polar surface area (TPSA) is 117 Å². The summed E-state index contributed by atoms with van der Waals surface area (Å²) in [6, 6.07) is 14.2. The number of rotatable bonds is 14. The number of thioether (sulfide) groups is 1. The van der Waals surface area contributed by atoms with Crippen LogP contribution in [0.25, 0.3) is 5.69 Å². The van der Waals surface area contributed by atoms with E-state index in [2.05, 4.69) is 20.8 Å². The van der Waals surface area contributed by atoms with Crippen LogP contribution in [0.3, 0.4) is 0 Å². The van der Waals surface area contributed by atoms with Crippen molar-refractivity contribution in [1.82, 2.24) is 20.1 Å². The van der Waals surface area contributed by atoms with Gasteiger partial charge in [-0.3, -0.25) is 14.2 Å². The molecule has 0 saturated carbocycles. The lowest BCUT2D eigenvalue weighted by Gasteiger charge is -2.17. The quantitative estimate of drug-likeness (QED) is 0.182. The van der Waals surface area contributed by atoms with Gasteiger partial charge in [0.2, 0.25) is 11.7 Å². The van der Waals surface area contributed by atoms with Crippen molar-refractivity contribution < 1.29 is 32.6 Å². The molecule has 0 fully saturated rings. The van der Waals surface area contributed by atoms with Gasteiger partial charge < -0.3 is 24.8 Å². The van der Waals surface area contributed by atoms with Crippen molar-refractivity contribution in [2.45, 2.75) is 32.5 Å². The molecule has 226 valence electrons. The summed E-state index contributed by atoms with van der Waals surface area (Å²) in [6.07, 6.45) is 0. The lowest BCUT2D eigenvalue weighted by atomic mass is 10.1. The Kier molecular flexibility index (Phi) is 10.9. The molecule has 4 rings (SSSR count). The van der Waals surface area contributed by atoms with Gasteiger partial charge in [-0.15, -0.1) is 10.2 Å². The monoisotopic (exact) mass is 611 g/mol. The number of aromatic nitrogens is 3. The molecule has 13 heteroatoms. The molecule has 0 saturated heterocycles. The van der Waals surface area contributed by atoms with Crippen LogP contribution in [0.15, 0.2) is 65.8 Å². The first-order chi connectivity index (χ1) is 20.8. The summed E-state index contributed by atoms with van der Waals surface area (Å²) in [7, 11) is 0. The number of nitrogens with one attached hydrogen (secondary N) is 2. The summed E-state index contributed by atoms with van der Waals surface area (Å²) in [6.45, 7) is 6.57. The molecule has 0 spiro atoms. The summed E-state index contributed by atoms with van der Waals surface area (Å²) in [5.41, 5.74) is 1.27. The molecule has 4 aromatic rings. The minimum absolute atomic E-state index is 0.0321. The Morgan fingerprint density at radius 2 is 1.42 bits per heavy atom. The Balaban J connectivity index is 1.54. The molecular weight excluding hydrogens is 580 g/mol. The van der Waals surface area contributed by atoms with Crippen LogP contribution in [-0.4, -0.2) is 52.2 Å². The molecule has 10 nitrogen and oxygen atoms in total. The molecule has 1 aromatic heterocycles. The second kappa shape index (κ2) is 15.0. The van der Waals surface area contributed by atoms with E-state index < -0.39 is 17.5 Å². The highest BCUT2D eigenvalue weighted by Crippen LogP contribution is 2.39. The number of hydrogen-bond acceptors (Lipinski definition) is 8. The molecule has 0 bridgehead atoms. The highest BCUT2D eigenvalue weighted by atomic mass is 32.2. The molecule has 0 unspecified atom stereocenters. The second-order valence-electron chi connectivity index (χ2n) is 8.84. The van der Waals surface area contributed by atoms with Crippen molar-refractivity contribution in [3.05, 3.63) is 83.7 Å². The number of hydrogen-bond donors (Lipinski definition) is 2. The molecular formula is C30H31F2N5O5S. The SMILES string of the molecule is CCOc1cc(C(=O)NCc2nnc(SCC(=O)Nc3ccc(F)cc3)n2-c2ccc(F)cc2)cc(OCC)c1OCC. The first-order valence-electron chi connectivity index (χ1n) is 13.6. The number of anilines is 1. The average Bonchev–Trinajstić information content (AvgIpc) is 3.41. The van der Waals surface area contributed by atoms with Crippen LogP contribution in [0, 0.1) is 11.6 Å². The third-order valence-corrected chi connectivity index (χ3v) is 6.75. The highest BCUT2D eigenvalue weighted by molar-refractivity contribution is 7.99. The first kappa shape index (κ1) is 31.3. The van der Waals surface area contributed by atoms with Crippen molar-refractivity contribution in [3.8, 4) is 22.9 Å². The minimum Gasteiger partial charge on any atom is -0.490 e. The van der Waals surface area contributed by atoms with E-state index in [1.807, 2.05) is 20.8 Å².